The van der Waals surface area contributed by atoms with Crippen LogP contribution >= 0.6 is 0 Å². The minimum absolute atomic E-state index is 0.159. The maximum atomic E-state index is 11.8. The number of carboxylic acids is 1. The topological polar surface area (TPSA) is 157 Å². The number of hydrogen-bond donors (Lipinski definition) is 3. The maximum absolute atomic E-state index is 11.8. The van der Waals surface area contributed by atoms with Crippen LogP contribution in [-0.4, -0.2) is 35.9 Å². The molecule has 0 unspecified atom stereocenters. The Bertz CT molecular complexity index is 534. The molecule has 0 aliphatic heterocycles. The molecule has 0 bridgehead atoms. The van der Waals surface area contributed by atoms with Gasteiger partial charge in [0.15, 0.2) is 0 Å². The number of hydrogen-bond acceptors (Lipinski definition) is 5. The van der Waals surface area contributed by atoms with Gasteiger partial charge in [0, 0.05) is 17.8 Å². The molecule has 0 aromatic heterocycles. The maximum Gasteiger partial charge on any atom is 0.271 e. The first-order valence-corrected chi connectivity index (χ1v) is 6.31. The van der Waals surface area contributed by atoms with E-state index in [1.165, 1.54) is 29.6 Å². The molecule has 0 fully saturated rings. The van der Waals surface area contributed by atoms with E-state index in [-0.39, 0.29) is 17.8 Å². The fraction of sp³-hybridized carbons (Fsp3) is 0.333. The van der Waals surface area contributed by atoms with Gasteiger partial charge in [0.2, 0.25) is 5.91 Å². The van der Waals surface area contributed by atoms with Gasteiger partial charge in [0.25, 0.3) is 5.69 Å². The van der Waals surface area contributed by atoms with Crippen molar-refractivity contribution >= 4 is 23.3 Å². The van der Waals surface area contributed by atoms with Crippen LogP contribution in [0.2, 0.25) is 0 Å². The Labute approximate surface area is 120 Å². The Hall–Kier alpha value is -2.52. The molecule has 0 heterocycles. The molecule has 0 saturated carbocycles. The lowest BCUT2D eigenvalue weighted by atomic mass is 10.2. The third-order valence-corrected chi connectivity index (χ3v) is 2.70. The Morgan fingerprint density at radius 3 is 2.71 bits per heavy atom. The number of rotatable bonds is 8. The van der Waals surface area contributed by atoms with E-state index in [0.717, 1.165) is 0 Å². The highest BCUT2D eigenvalue weighted by Crippen LogP contribution is 2.17. The van der Waals surface area contributed by atoms with Crippen LogP contribution in [0.1, 0.15) is 6.42 Å². The fourth-order valence-corrected chi connectivity index (χ4v) is 1.69. The number of carboxylic acid groups (broad SMARTS) is 1. The number of carbonyl (C=O) groups excluding carboxylic acids is 2. The molecule has 6 N–H and O–H groups in total. The van der Waals surface area contributed by atoms with Crippen LogP contribution in [0.5, 0.6) is 0 Å². The molecule has 1 aromatic carbocycles. The van der Waals surface area contributed by atoms with Gasteiger partial charge >= 0.3 is 0 Å². The average Bonchev–Trinajstić information content (AvgIpc) is 2.43. The number of quaternary nitrogens is 2. The highest BCUT2D eigenvalue weighted by Gasteiger charge is 2.18. The van der Waals surface area contributed by atoms with E-state index >= 15 is 0 Å². The van der Waals surface area contributed by atoms with E-state index in [4.69, 9.17) is 0 Å². The van der Waals surface area contributed by atoms with Gasteiger partial charge in [-0.25, -0.2) is 0 Å². The molecule has 1 atom stereocenters. The third kappa shape index (κ3) is 5.55. The number of nitrogens with zero attached hydrogens (tertiary/aromatic N) is 1. The number of aliphatic carboxylic acids is 1. The molecule has 21 heavy (non-hydrogen) atoms. The summed E-state index contributed by atoms with van der Waals surface area (Å²) in [5.41, 5.74) is 3.66. The minimum atomic E-state index is -1.34. The van der Waals surface area contributed by atoms with E-state index in [2.05, 4.69) is 11.1 Å². The van der Waals surface area contributed by atoms with Crippen molar-refractivity contribution in [2.24, 2.45) is 0 Å². The Morgan fingerprint density at radius 1 is 1.43 bits per heavy atom. The lowest BCUT2D eigenvalue weighted by Crippen LogP contribution is -2.95. The minimum Gasteiger partial charge on any atom is -0.544 e. The van der Waals surface area contributed by atoms with Crippen LogP contribution in [0.25, 0.3) is 0 Å². The molecule has 0 radical (unpaired) electrons. The second kappa shape index (κ2) is 7.92. The van der Waals surface area contributed by atoms with Gasteiger partial charge in [-0.2, -0.15) is 0 Å². The normalized spacial score (nSPS) is 11.7. The standard InChI is InChI=1S/C12H16N4O5/c13-4-5-14-10(12(18)19)7-11(17)15-8-2-1-3-9(6-8)16(20)21/h1-3,6,10,14H,4-5,7,13H2,(H,15,17)(H,18,19)/p+1/t10-/m0/s1. The summed E-state index contributed by atoms with van der Waals surface area (Å²) < 4.78 is 0. The Balaban J connectivity index is 2.65. The predicted molar refractivity (Wildman–Crippen MR) is 69.7 cm³/mol. The Morgan fingerprint density at radius 2 is 2.14 bits per heavy atom. The van der Waals surface area contributed by atoms with Gasteiger partial charge in [0.1, 0.15) is 19.1 Å². The largest absolute Gasteiger partial charge is 0.544 e. The van der Waals surface area contributed by atoms with E-state index in [1.54, 1.807) is 0 Å². The number of nitro benzene ring substituents is 1. The van der Waals surface area contributed by atoms with E-state index in [1.807, 2.05) is 0 Å². The smallest absolute Gasteiger partial charge is 0.271 e. The van der Waals surface area contributed by atoms with Crippen LogP contribution < -0.4 is 21.5 Å². The molecular formula is C12H17N4O5+. The van der Waals surface area contributed by atoms with Gasteiger partial charge in [-0.3, -0.25) is 14.9 Å². The summed E-state index contributed by atoms with van der Waals surface area (Å²) in [5.74, 6) is -1.89. The summed E-state index contributed by atoms with van der Waals surface area (Å²) in [5, 5.41) is 25.4. The molecule has 1 rings (SSSR count). The van der Waals surface area contributed by atoms with Crippen molar-refractivity contribution in [3.8, 4) is 0 Å². The number of amides is 1. The molecule has 0 aliphatic carbocycles. The van der Waals surface area contributed by atoms with Crippen molar-refractivity contribution in [1.82, 2.24) is 0 Å². The van der Waals surface area contributed by atoms with Crippen molar-refractivity contribution in [3.63, 3.8) is 0 Å². The fourth-order valence-electron chi connectivity index (χ4n) is 1.69. The second-order valence-corrected chi connectivity index (χ2v) is 4.36. The highest BCUT2D eigenvalue weighted by atomic mass is 16.6. The molecule has 1 aromatic rings. The van der Waals surface area contributed by atoms with E-state index < -0.39 is 22.8 Å². The number of non-ortho nitro benzene ring substituents is 1. The molecule has 9 heteroatoms. The lowest BCUT2D eigenvalue weighted by molar-refractivity contribution is -0.695. The van der Waals surface area contributed by atoms with Crippen molar-refractivity contribution < 1.29 is 30.7 Å². The van der Waals surface area contributed by atoms with Gasteiger partial charge in [-0.1, -0.05) is 6.07 Å². The molecule has 0 saturated heterocycles. The summed E-state index contributed by atoms with van der Waals surface area (Å²) in [6.07, 6.45) is -0.287. The first kappa shape index (κ1) is 16.5. The predicted octanol–water partition coefficient (Wildman–Crippen LogP) is -3.15. The number of carbonyl (C=O) groups is 2. The lowest BCUT2D eigenvalue weighted by Gasteiger charge is -2.15. The first-order chi connectivity index (χ1) is 9.93. The number of nitro groups is 1. The summed E-state index contributed by atoms with van der Waals surface area (Å²) in [4.78, 5) is 32.7. The van der Waals surface area contributed by atoms with Crippen LogP contribution in [0.15, 0.2) is 24.3 Å². The molecule has 1 amide bonds. The van der Waals surface area contributed by atoms with Crippen LogP contribution in [0.4, 0.5) is 11.4 Å². The van der Waals surface area contributed by atoms with Crippen LogP contribution in [0, 0.1) is 10.1 Å². The van der Waals surface area contributed by atoms with E-state index in [0.29, 0.717) is 13.1 Å². The molecule has 9 nitrogen and oxygen atoms in total. The highest BCUT2D eigenvalue weighted by molar-refractivity contribution is 5.93. The van der Waals surface area contributed by atoms with Gasteiger partial charge in [-0.15, -0.1) is 0 Å². The monoisotopic (exact) mass is 297 g/mol. The average molecular weight is 297 g/mol. The Kier molecular flexibility index (Phi) is 6.24. The zero-order valence-corrected chi connectivity index (χ0v) is 11.3. The van der Waals surface area contributed by atoms with E-state index in [9.17, 15) is 24.8 Å². The van der Waals surface area contributed by atoms with Crippen LogP contribution in [0.3, 0.4) is 0 Å². The van der Waals surface area contributed by atoms with Crippen molar-refractivity contribution in [1.29, 1.82) is 0 Å². The van der Waals surface area contributed by atoms with Gasteiger partial charge in [0.05, 0.1) is 17.3 Å². The molecular weight excluding hydrogens is 280 g/mol. The third-order valence-electron chi connectivity index (χ3n) is 2.70. The number of nitrogens with two attached hydrogens (primary N) is 1. The van der Waals surface area contributed by atoms with Crippen LogP contribution in [-0.2, 0) is 9.59 Å². The van der Waals surface area contributed by atoms with Crippen molar-refractivity contribution in [2.45, 2.75) is 12.5 Å². The quantitative estimate of drug-likeness (QED) is 0.341. The summed E-state index contributed by atoms with van der Waals surface area (Å²) in [6, 6.07) is 4.40. The summed E-state index contributed by atoms with van der Waals surface area (Å²) in [6.45, 7) is 0.985. The number of benzene rings is 1. The SMILES string of the molecule is [NH3+]CC[NH2+][C@@H](CC(=O)Nc1cccc([N+](=O)[O-])c1)C(=O)[O-]. The molecule has 0 aliphatic rings. The zero-order valence-electron chi connectivity index (χ0n) is 11.3. The summed E-state index contributed by atoms with van der Waals surface area (Å²) in [7, 11) is 0. The number of anilines is 1. The zero-order chi connectivity index (χ0) is 15.8. The van der Waals surface area contributed by atoms with Gasteiger partial charge in [-0.05, 0) is 6.07 Å². The molecule has 114 valence electrons. The van der Waals surface area contributed by atoms with Gasteiger partial charge < -0.3 is 26.3 Å². The summed E-state index contributed by atoms with van der Waals surface area (Å²) >= 11 is 0. The first-order valence-electron chi connectivity index (χ1n) is 6.31. The molecule has 0 spiro atoms. The second-order valence-electron chi connectivity index (χ2n) is 4.36. The van der Waals surface area contributed by atoms with Crippen molar-refractivity contribution in [2.75, 3.05) is 18.4 Å². The number of nitrogens with one attached hydrogen (secondary N) is 1. The van der Waals surface area contributed by atoms with Crippen molar-refractivity contribution in [3.05, 3.63) is 34.4 Å².